The van der Waals surface area contributed by atoms with Gasteiger partial charge in [0, 0.05) is 6.61 Å². The molecule has 0 aliphatic carbocycles. The summed E-state index contributed by atoms with van der Waals surface area (Å²) in [5.41, 5.74) is 0. The Balaban J connectivity index is 2.13. The smallest absolute Gasteiger partial charge is 0.163 e. The summed E-state index contributed by atoms with van der Waals surface area (Å²) in [4.78, 5) is 0. The van der Waals surface area contributed by atoms with Gasteiger partial charge in [-0.05, 0) is 39.5 Å². The second-order valence-corrected chi connectivity index (χ2v) is 7.20. The van der Waals surface area contributed by atoms with Gasteiger partial charge in [-0.3, -0.25) is 0 Å². The summed E-state index contributed by atoms with van der Waals surface area (Å²) in [5.74, 6) is -0.436. The van der Waals surface area contributed by atoms with Gasteiger partial charge in [-0.1, -0.05) is 58.3 Å². The molecule has 1 N–H and O–H groups in total. The topological polar surface area (TPSA) is 38.7 Å². The lowest BCUT2D eigenvalue weighted by Gasteiger charge is -2.16. The first-order chi connectivity index (χ1) is 10.6. The molecule has 1 heterocycles. The number of aliphatic hydroxyl groups is 1. The number of rotatable bonds is 13. The van der Waals surface area contributed by atoms with E-state index in [1.165, 1.54) is 51.4 Å². The maximum Gasteiger partial charge on any atom is 0.163 e. The molecule has 2 atom stereocenters. The number of ether oxygens (including phenoxy) is 2. The fourth-order valence-corrected chi connectivity index (χ4v) is 3.34. The molecule has 1 aliphatic heterocycles. The highest BCUT2D eigenvalue weighted by Gasteiger charge is 2.40. The van der Waals surface area contributed by atoms with Gasteiger partial charge in [0.15, 0.2) is 5.79 Å². The van der Waals surface area contributed by atoms with Crippen molar-refractivity contribution in [1.82, 2.24) is 0 Å². The highest BCUT2D eigenvalue weighted by molar-refractivity contribution is 4.81. The van der Waals surface area contributed by atoms with Gasteiger partial charge in [0.25, 0.3) is 0 Å². The van der Waals surface area contributed by atoms with Crippen molar-refractivity contribution in [3.8, 4) is 0 Å². The quantitative estimate of drug-likeness (QED) is 0.475. The summed E-state index contributed by atoms with van der Waals surface area (Å²) in [7, 11) is 0. The Bertz CT molecular complexity index is 265. The van der Waals surface area contributed by atoms with E-state index in [1.807, 2.05) is 13.8 Å². The monoisotopic (exact) mass is 314 g/mol. The van der Waals surface area contributed by atoms with Crippen LogP contribution in [0.5, 0.6) is 0 Å². The van der Waals surface area contributed by atoms with Crippen LogP contribution in [0.4, 0.5) is 0 Å². The van der Waals surface area contributed by atoms with Crippen LogP contribution in [0.1, 0.15) is 97.8 Å². The first-order valence-corrected chi connectivity index (χ1v) is 9.55. The summed E-state index contributed by atoms with van der Waals surface area (Å²) >= 11 is 0. The van der Waals surface area contributed by atoms with Gasteiger partial charge in [0.2, 0.25) is 0 Å². The molecule has 22 heavy (non-hydrogen) atoms. The second-order valence-electron chi connectivity index (χ2n) is 7.20. The maximum absolute atomic E-state index is 8.91. The minimum Gasteiger partial charge on any atom is -0.396 e. The van der Waals surface area contributed by atoms with Gasteiger partial charge in [-0.15, -0.1) is 0 Å². The van der Waals surface area contributed by atoms with Crippen molar-refractivity contribution in [1.29, 1.82) is 0 Å². The molecule has 1 rings (SSSR count). The Kier molecular flexibility index (Phi) is 10.3. The van der Waals surface area contributed by atoms with Crippen LogP contribution in [0.25, 0.3) is 0 Å². The molecule has 0 amide bonds. The fourth-order valence-electron chi connectivity index (χ4n) is 3.34. The Hall–Kier alpha value is -0.120. The van der Waals surface area contributed by atoms with Gasteiger partial charge in [-0.2, -0.15) is 0 Å². The molecule has 0 unspecified atom stereocenters. The van der Waals surface area contributed by atoms with Crippen molar-refractivity contribution in [3.63, 3.8) is 0 Å². The molecule has 0 aromatic carbocycles. The number of aliphatic hydroxyl groups excluding tert-OH is 1. The van der Waals surface area contributed by atoms with Crippen LogP contribution in [-0.2, 0) is 9.47 Å². The molecule has 3 nitrogen and oxygen atoms in total. The van der Waals surface area contributed by atoms with Crippen molar-refractivity contribution in [2.75, 3.05) is 6.61 Å². The van der Waals surface area contributed by atoms with Crippen LogP contribution in [0.2, 0.25) is 0 Å². The molecule has 0 bridgehead atoms. The molecule has 0 radical (unpaired) electrons. The minimum atomic E-state index is -0.436. The van der Waals surface area contributed by atoms with E-state index in [4.69, 9.17) is 14.6 Å². The Morgan fingerprint density at radius 1 is 0.727 bits per heavy atom. The Labute approximate surface area is 137 Å². The van der Waals surface area contributed by atoms with Crippen molar-refractivity contribution in [3.05, 3.63) is 0 Å². The van der Waals surface area contributed by atoms with Gasteiger partial charge >= 0.3 is 0 Å². The molecule has 1 fully saturated rings. The average molecular weight is 315 g/mol. The van der Waals surface area contributed by atoms with Crippen LogP contribution < -0.4 is 0 Å². The first-order valence-electron chi connectivity index (χ1n) is 9.55. The maximum atomic E-state index is 8.91. The van der Waals surface area contributed by atoms with E-state index in [2.05, 4.69) is 6.92 Å². The number of unbranched alkanes of at least 4 members (excludes halogenated alkanes) is 8. The normalized spacial score (nSPS) is 24.0. The van der Waals surface area contributed by atoms with Crippen molar-refractivity contribution < 1.29 is 14.6 Å². The molecule has 1 aliphatic rings. The third kappa shape index (κ3) is 8.50. The lowest BCUT2D eigenvalue weighted by atomic mass is 10.0. The zero-order valence-corrected chi connectivity index (χ0v) is 15.1. The summed E-state index contributed by atoms with van der Waals surface area (Å²) < 4.78 is 12.1. The van der Waals surface area contributed by atoms with Crippen LogP contribution in [0, 0.1) is 0 Å². The highest BCUT2D eigenvalue weighted by atomic mass is 16.7. The Morgan fingerprint density at radius 3 is 1.68 bits per heavy atom. The van der Waals surface area contributed by atoms with Gasteiger partial charge in [-0.25, -0.2) is 0 Å². The fraction of sp³-hybridized carbons (Fsp3) is 1.00. The van der Waals surface area contributed by atoms with Crippen molar-refractivity contribution in [2.45, 2.75) is 116 Å². The van der Waals surface area contributed by atoms with Crippen LogP contribution >= 0.6 is 0 Å². The standard InChI is InChI=1S/C19H38O3/c1-4-5-6-7-8-9-10-11-14-17-18(15-12-13-16-20)22-19(2,3)21-17/h17-18,20H,4-16H2,1-3H3/t17-,18+/m0/s1. The molecular formula is C19H38O3. The lowest BCUT2D eigenvalue weighted by Crippen LogP contribution is -2.22. The van der Waals surface area contributed by atoms with E-state index in [0.717, 1.165) is 25.7 Å². The van der Waals surface area contributed by atoms with Gasteiger partial charge in [0.1, 0.15) is 0 Å². The molecule has 3 heteroatoms. The summed E-state index contributed by atoms with van der Waals surface area (Å²) in [6.07, 6.45) is 15.3. The van der Waals surface area contributed by atoms with E-state index < -0.39 is 5.79 Å². The number of hydrogen-bond acceptors (Lipinski definition) is 3. The van der Waals surface area contributed by atoms with E-state index >= 15 is 0 Å². The molecule has 132 valence electrons. The zero-order chi connectivity index (χ0) is 16.3. The molecule has 0 spiro atoms. The molecule has 0 aromatic rings. The van der Waals surface area contributed by atoms with E-state index in [9.17, 15) is 0 Å². The second kappa shape index (κ2) is 11.4. The lowest BCUT2D eigenvalue weighted by molar-refractivity contribution is -0.147. The zero-order valence-electron chi connectivity index (χ0n) is 15.1. The molecular weight excluding hydrogens is 276 g/mol. The molecule has 0 aromatic heterocycles. The third-order valence-corrected chi connectivity index (χ3v) is 4.52. The third-order valence-electron chi connectivity index (χ3n) is 4.52. The summed E-state index contributed by atoms with van der Waals surface area (Å²) in [6.45, 7) is 6.57. The minimum absolute atomic E-state index is 0.214. The highest BCUT2D eigenvalue weighted by Crippen LogP contribution is 2.33. The van der Waals surface area contributed by atoms with Crippen molar-refractivity contribution >= 4 is 0 Å². The van der Waals surface area contributed by atoms with Crippen LogP contribution in [-0.4, -0.2) is 29.7 Å². The van der Waals surface area contributed by atoms with Crippen LogP contribution in [0.15, 0.2) is 0 Å². The Morgan fingerprint density at radius 2 is 1.18 bits per heavy atom. The average Bonchev–Trinajstić information content (AvgIpc) is 2.76. The summed E-state index contributed by atoms with van der Waals surface area (Å²) in [6, 6.07) is 0. The summed E-state index contributed by atoms with van der Waals surface area (Å²) in [5, 5.41) is 8.91. The van der Waals surface area contributed by atoms with Crippen LogP contribution in [0.3, 0.4) is 0 Å². The largest absolute Gasteiger partial charge is 0.396 e. The van der Waals surface area contributed by atoms with Gasteiger partial charge in [0.05, 0.1) is 12.2 Å². The first kappa shape index (κ1) is 19.9. The van der Waals surface area contributed by atoms with Crippen molar-refractivity contribution in [2.24, 2.45) is 0 Å². The van der Waals surface area contributed by atoms with E-state index in [0.29, 0.717) is 0 Å². The predicted octanol–water partition coefficient (Wildman–Crippen LogP) is 5.20. The van der Waals surface area contributed by atoms with Gasteiger partial charge < -0.3 is 14.6 Å². The molecule has 0 saturated carbocycles. The number of hydrogen-bond donors (Lipinski definition) is 1. The van der Waals surface area contributed by atoms with E-state index in [-0.39, 0.29) is 18.8 Å². The molecule has 1 saturated heterocycles. The SMILES string of the molecule is CCCCCCCCCC[C@@H]1OC(C)(C)O[C@@H]1CCCCO. The predicted molar refractivity (Wildman–Crippen MR) is 92.0 cm³/mol. The van der Waals surface area contributed by atoms with E-state index in [1.54, 1.807) is 0 Å².